The molecule has 0 saturated heterocycles. The van der Waals surface area contributed by atoms with Crippen molar-refractivity contribution in [1.29, 1.82) is 0 Å². The molecule has 0 radical (unpaired) electrons. The van der Waals surface area contributed by atoms with Crippen LogP contribution in [0.4, 0.5) is 0 Å². The highest BCUT2D eigenvalue weighted by atomic mass is 127. The maximum absolute atomic E-state index is 12.2. The summed E-state index contributed by atoms with van der Waals surface area (Å²) in [4.78, 5) is 4.39. The Balaban J connectivity index is 0.00000392. The van der Waals surface area contributed by atoms with Crippen molar-refractivity contribution in [3.05, 3.63) is 64.7 Å². The molecule has 9 heteroatoms. The van der Waals surface area contributed by atoms with E-state index >= 15 is 0 Å². The van der Waals surface area contributed by atoms with Crippen molar-refractivity contribution in [2.24, 2.45) is 4.99 Å². The first-order chi connectivity index (χ1) is 12.9. The van der Waals surface area contributed by atoms with E-state index in [1.165, 1.54) is 0 Å². The number of rotatable bonds is 8. The fourth-order valence-corrected chi connectivity index (χ4v) is 3.67. The number of halogens is 2. The van der Waals surface area contributed by atoms with Gasteiger partial charge in [0.1, 0.15) is 0 Å². The third kappa shape index (κ3) is 7.94. The van der Waals surface area contributed by atoms with Gasteiger partial charge in [-0.25, -0.2) is 13.1 Å². The summed E-state index contributed by atoms with van der Waals surface area (Å²) in [5.74, 6) is 0.608. The van der Waals surface area contributed by atoms with Gasteiger partial charge in [0.25, 0.3) is 0 Å². The zero-order valence-electron chi connectivity index (χ0n) is 15.9. The first-order valence-corrected chi connectivity index (χ1v) is 10.5. The molecule has 0 saturated carbocycles. The molecule has 154 valence electrons. The number of aryl methyl sites for hydroxylation is 1. The molecule has 0 heterocycles. The highest BCUT2D eigenvalue weighted by Gasteiger charge is 2.12. The van der Waals surface area contributed by atoms with Gasteiger partial charge in [0.05, 0.1) is 4.90 Å². The lowest BCUT2D eigenvalue weighted by Crippen LogP contribution is -2.42. The lowest BCUT2D eigenvalue weighted by Gasteiger charge is -2.13. The monoisotopic (exact) mass is 536 g/mol. The van der Waals surface area contributed by atoms with Crippen molar-refractivity contribution in [3.8, 4) is 0 Å². The van der Waals surface area contributed by atoms with E-state index in [-0.39, 0.29) is 35.4 Å². The summed E-state index contributed by atoms with van der Waals surface area (Å²) in [5.41, 5.74) is 2.08. The van der Waals surface area contributed by atoms with E-state index in [0.717, 1.165) is 22.6 Å². The smallest absolute Gasteiger partial charge is 0.240 e. The average Bonchev–Trinajstić information content (AvgIpc) is 2.65. The summed E-state index contributed by atoms with van der Waals surface area (Å²) in [6, 6.07) is 14.5. The molecule has 0 aliphatic heterocycles. The molecule has 0 bridgehead atoms. The van der Waals surface area contributed by atoms with Gasteiger partial charge in [0, 0.05) is 31.7 Å². The SMILES string of the molecule is CN=C(NCCNS(=O)(=O)c1ccc(C)cc1)NCCc1ccccc1Cl.I. The van der Waals surface area contributed by atoms with E-state index in [2.05, 4.69) is 20.3 Å². The van der Waals surface area contributed by atoms with Crippen molar-refractivity contribution in [2.75, 3.05) is 26.7 Å². The molecule has 2 rings (SSSR count). The third-order valence-electron chi connectivity index (χ3n) is 3.91. The topological polar surface area (TPSA) is 82.6 Å². The van der Waals surface area contributed by atoms with Crippen LogP contribution in [0.3, 0.4) is 0 Å². The van der Waals surface area contributed by atoms with E-state index in [4.69, 9.17) is 11.6 Å². The second-order valence-electron chi connectivity index (χ2n) is 5.98. The van der Waals surface area contributed by atoms with Crippen molar-refractivity contribution in [2.45, 2.75) is 18.2 Å². The fraction of sp³-hybridized carbons (Fsp3) is 0.316. The Labute approximate surface area is 189 Å². The molecule has 0 atom stereocenters. The van der Waals surface area contributed by atoms with Gasteiger partial charge >= 0.3 is 0 Å². The molecule has 0 fully saturated rings. The zero-order chi connectivity index (χ0) is 19.7. The maximum Gasteiger partial charge on any atom is 0.240 e. The van der Waals surface area contributed by atoms with Crippen LogP contribution in [-0.4, -0.2) is 41.1 Å². The Hall–Kier alpha value is -1.36. The molecule has 0 unspecified atom stereocenters. The molecular formula is C19H26ClIN4O2S. The standard InChI is InChI=1S/C19H25ClN4O2S.HI/c1-15-7-9-17(10-8-15)27(25,26)24-14-13-23-19(21-2)22-12-11-16-5-3-4-6-18(16)20;/h3-10,24H,11-14H2,1-2H3,(H2,21,22,23);1H. The van der Waals surface area contributed by atoms with Gasteiger partial charge in [-0.15, -0.1) is 24.0 Å². The summed E-state index contributed by atoms with van der Waals surface area (Å²) >= 11 is 6.14. The van der Waals surface area contributed by atoms with Crippen molar-refractivity contribution >= 4 is 51.6 Å². The van der Waals surface area contributed by atoms with E-state index in [9.17, 15) is 8.42 Å². The van der Waals surface area contributed by atoms with Crippen LogP contribution in [0.2, 0.25) is 5.02 Å². The first kappa shape index (κ1) is 24.7. The molecule has 0 amide bonds. The number of nitrogens with one attached hydrogen (secondary N) is 3. The largest absolute Gasteiger partial charge is 0.356 e. The van der Waals surface area contributed by atoms with Crippen LogP contribution >= 0.6 is 35.6 Å². The molecule has 0 aliphatic rings. The van der Waals surface area contributed by atoms with Crippen molar-refractivity contribution < 1.29 is 8.42 Å². The van der Waals surface area contributed by atoms with Crippen molar-refractivity contribution in [1.82, 2.24) is 15.4 Å². The Morgan fingerprint density at radius 2 is 1.64 bits per heavy atom. The predicted molar refractivity (Wildman–Crippen MR) is 126 cm³/mol. The molecule has 2 aromatic carbocycles. The summed E-state index contributed by atoms with van der Waals surface area (Å²) in [6.07, 6.45) is 0.764. The Morgan fingerprint density at radius 1 is 1.00 bits per heavy atom. The fourth-order valence-electron chi connectivity index (χ4n) is 2.40. The minimum Gasteiger partial charge on any atom is -0.356 e. The summed E-state index contributed by atoms with van der Waals surface area (Å²) in [7, 11) is -1.84. The van der Waals surface area contributed by atoms with Crippen molar-refractivity contribution in [3.63, 3.8) is 0 Å². The maximum atomic E-state index is 12.2. The van der Waals surface area contributed by atoms with E-state index in [0.29, 0.717) is 19.0 Å². The second kappa shape index (κ2) is 12.3. The Kier molecular flexibility index (Phi) is 10.8. The van der Waals surface area contributed by atoms with Crippen LogP contribution in [0.15, 0.2) is 58.4 Å². The number of sulfonamides is 1. The van der Waals surface area contributed by atoms with E-state index < -0.39 is 10.0 Å². The van der Waals surface area contributed by atoms with Gasteiger partial charge in [-0.2, -0.15) is 0 Å². The molecule has 6 nitrogen and oxygen atoms in total. The van der Waals surface area contributed by atoms with Gasteiger partial charge in [-0.05, 0) is 37.1 Å². The quantitative estimate of drug-likeness (QED) is 0.210. The number of nitrogens with zero attached hydrogens (tertiary/aromatic N) is 1. The van der Waals surface area contributed by atoms with Gasteiger partial charge in [0.2, 0.25) is 10.0 Å². The van der Waals surface area contributed by atoms with Crippen LogP contribution in [0.1, 0.15) is 11.1 Å². The highest BCUT2D eigenvalue weighted by Crippen LogP contribution is 2.14. The van der Waals surface area contributed by atoms with Gasteiger partial charge in [-0.3, -0.25) is 4.99 Å². The van der Waals surface area contributed by atoms with E-state index in [1.807, 2.05) is 31.2 Å². The van der Waals surface area contributed by atoms with Crippen LogP contribution in [0, 0.1) is 6.92 Å². The average molecular weight is 537 g/mol. The predicted octanol–water partition coefficient (Wildman–Crippen LogP) is 2.95. The van der Waals surface area contributed by atoms with Crippen LogP contribution in [-0.2, 0) is 16.4 Å². The minimum absolute atomic E-state index is 0. The molecule has 0 spiro atoms. The second-order valence-corrected chi connectivity index (χ2v) is 8.15. The molecular weight excluding hydrogens is 511 g/mol. The number of benzene rings is 2. The lowest BCUT2D eigenvalue weighted by atomic mass is 10.1. The minimum atomic E-state index is -3.50. The van der Waals surface area contributed by atoms with Gasteiger partial charge in [-0.1, -0.05) is 47.5 Å². The Bertz CT molecular complexity index is 874. The molecule has 28 heavy (non-hydrogen) atoms. The van der Waals surface area contributed by atoms with Gasteiger partial charge < -0.3 is 10.6 Å². The molecule has 2 aromatic rings. The summed E-state index contributed by atoms with van der Waals surface area (Å²) in [6.45, 7) is 3.24. The summed E-state index contributed by atoms with van der Waals surface area (Å²) < 4.78 is 27.0. The van der Waals surface area contributed by atoms with Gasteiger partial charge in [0.15, 0.2) is 5.96 Å². The highest BCUT2D eigenvalue weighted by molar-refractivity contribution is 14.0. The Morgan fingerprint density at radius 3 is 2.29 bits per heavy atom. The van der Waals surface area contributed by atoms with Crippen LogP contribution in [0.25, 0.3) is 0 Å². The first-order valence-electron chi connectivity index (χ1n) is 8.66. The van der Waals surface area contributed by atoms with Crippen LogP contribution < -0.4 is 15.4 Å². The number of hydrogen-bond donors (Lipinski definition) is 3. The number of guanidine groups is 1. The molecule has 3 N–H and O–H groups in total. The zero-order valence-corrected chi connectivity index (χ0v) is 19.8. The molecule has 0 aliphatic carbocycles. The number of aliphatic imine (C=N–C) groups is 1. The summed E-state index contributed by atoms with van der Waals surface area (Å²) in [5, 5.41) is 7.01. The van der Waals surface area contributed by atoms with Crippen LogP contribution in [0.5, 0.6) is 0 Å². The normalized spacial score (nSPS) is 11.6. The van der Waals surface area contributed by atoms with E-state index in [1.54, 1.807) is 31.3 Å². The number of hydrogen-bond acceptors (Lipinski definition) is 3. The third-order valence-corrected chi connectivity index (χ3v) is 5.75. The molecule has 0 aromatic heterocycles. The lowest BCUT2D eigenvalue weighted by molar-refractivity contribution is 0.580.